The van der Waals surface area contributed by atoms with Crippen LogP contribution in [0.1, 0.15) is 22.5 Å². The molecule has 3 nitrogen and oxygen atoms in total. The van der Waals surface area contributed by atoms with E-state index in [4.69, 9.17) is 16.9 Å². The fourth-order valence-electron chi connectivity index (χ4n) is 1.35. The van der Waals surface area contributed by atoms with E-state index in [2.05, 4.69) is 11.4 Å². The molecule has 1 aromatic heterocycles. The zero-order valence-electron chi connectivity index (χ0n) is 7.87. The molecule has 0 radical (unpaired) electrons. The Bertz CT molecular complexity index is 419. The van der Waals surface area contributed by atoms with Crippen LogP contribution >= 0.6 is 22.9 Å². The Morgan fingerprint density at radius 1 is 1.73 bits per heavy atom. The van der Waals surface area contributed by atoms with E-state index in [1.165, 1.54) is 11.3 Å². The number of halogens is 1. The molecule has 78 valence electrons. The number of nitriles is 1. The maximum absolute atomic E-state index is 11.7. The first-order valence-electron chi connectivity index (χ1n) is 4.66. The Kier molecular flexibility index (Phi) is 2.94. The van der Waals surface area contributed by atoms with Gasteiger partial charge in [-0.3, -0.25) is 4.79 Å². The molecule has 1 fully saturated rings. The molecular weight excluding hydrogens is 232 g/mol. The molecule has 15 heavy (non-hydrogen) atoms. The van der Waals surface area contributed by atoms with Crippen LogP contribution < -0.4 is 5.32 Å². The smallest absolute Gasteiger partial charge is 0.263 e. The Labute approximate surface area is 96.7 Å². The van der Waals surface area contributed by atoms with Crippen molar-refractivity contribution >= 4 is 28.8 Å². The van der Waals surface area contributed by atoms with Gasteiger partial charge in [-0.15, -0.1) is 11.3 Å². The van der Waals surface area contributed by atoms with E-state index in [9.17, 15) is 4.79 Å². The van der Waals surface area contributed by atoms with Gasteiger partial charge in [0.2, 0.25) is 0 Å². The van der Waals surface area contributed by atoms with Crippen LogP contribution in [0, 0.1) is 17.2 Å². The van der Waals surface area contributed by atoms with Crippen molar-refractivity contribution in [3.63, 3.8) is 0 Å². The fraction of sp³-hybridized carbons (Fsp3) is 0.400. The minimum atomic E-state index is -0.365. The summed E-state index contributed by atoms with van der Waals surface area (Å²) in [5.74, 6) is 0.0890. The molecule has 2 rings (SSSR count). The van der Waals surface area contributed by atoms with Crippen LogP contribution in [-0.4, -0.2) is 11.9 Å². The van der Waals surface area contributed by atoms with E-state index < -0.39 is 0 Å². The molecular formula is C10H9ClN2OS. The van der Waals surface area contributed by atoms with Gasteiger partial charge in [-0.05, 0) is 30.2 Å². The summed E-state index contributed by atoms with van der Waals surface area (Å²) in [6, 6.07) is 3.42. The molecule has 1 N–H and O–H groups in total. The number of nitrogens with zero attached hydrogens (tertiary/aromatic N) is 1. The number of carbonyl (C=O) groups excluding carboxylic acids is 1. The van der Waals surface area contributed by atoms with Crippen LogP contribution in [-0.2, 0) is 0 Å². The summed E-state index contributed by atoms with van der Waals surface area (Å²) in [5.41, 5.74) is 0. The van der Waals surface area contributed by atoms with E-state index in [-0.39, 0.29) is 11.9 Å². The summed E-state index contributed by atoms with van der Waals surface area (Å²) in [6.07, 6.45) is 2.05. The van der Waals surface area contributed by atoms with Crippen molar-refractivity contribution in [3.8, 4) is 6.07 Å². The average Bonchev–Trinajstić information content (AvgIpc) is 2.97. The third-order valence-corrected chi connectivity index (χ3v) is 3.68. The third-order valence-electron chi connectivity index (χ3n) is 2.34. The predicted molar refractivity (Wildman–Crippen MR) is 58.9 cm³/mol. The number of carbonyl (C=O) groups is 1. The van der Waals surface area contributed by atoms with Gasteiger partial charge in [0.25, 0.3) is 5.91 Å². The van der Waals surface area contributed by atoms with Gasteiger partial charge < -0.3 is 5.32 Å². The van der Waals surface area contributed by atoms with Gasteiger partial charge in [0, 0.05) is 0 Å². The lowest BCUT2D eigenvalue weighted by molar-refractivity contribution is 0.0946. The molecule has 0 aromatic carbocycles. The first-order valence-corrected chi connectivity index (χ1v) is 5.91. The Hall–Kier alpha value is -1.05. The Morgan fingerprint density at radius 3 is 2.93 bits per heavy atom. The van der Waals surface area contributed by atoms with Crippen LogP contribution in [0.3, 0.4) is 0 Å². The molecule has 0 spiro atoms. The number of hydrogen-bond donors (Lipinski definition) is 1. The van der Waals surface area contributed by atoms with Crippen molar-refractivity contribution in [2.75, 3.05) is 0 Å². The topological polar surface area (TPSA) is 52.9 Å². The van der Waals surface area contributed by atoms with Crippen molar-refractivity contribution in [1.29, 1.82) is 5.26 Å². The molecule has 1 amide bonds. The molecule has 0 saturated heterocycles. The summed E-state index contributed by atoms with van der Waals surface area (Å²) in [5, 5.41) is 13.8. The number of nitrogens with one attached hydrogen (secondary N) is 1. The predicted octanol–water partition coefficient (Wildman–Crippen LogP) is 2.43. The van der Waals surface area contributed by atoms with Crippen molar-refractivity contribution in [1.82, 2.24) is 5.32 Å². The summed E-state index contributed by atoms with van der Waals surface area (Å²) in [7, 11) is 0. The lowest BCUT2D eigenvalue weighted by Crippen LogP contribution is -2.34. The number of hydrogen-bond acceptors (Lipinski definition) is 3. The molecule has 1 unspecified atom stereocenters. The van der Waals surface area contributed by atoms with Gasteiger partial charge in [-0.25, -0.2) is 0 Å². The van der Waals surface area contributed by atoms with Crippen LogP contribution in [0.15, 0.2) is 11.4 Å². The number of rotatable bonds is 3. The first kappa shape index (κ1) is 10.5. The van der Waals surface area contributed by atoms with E-state index in [1.54, 1.807) is 11.4 Å². The number of amides is 1. The van der Waals surface area contributed by atoms with Crippen LogP contribution in [0.2, 0.25) is 5.02 Å². The largest absolute Gasteiger partial charge is 0.335 e. The van der Waals surface area contributed by atoms with Crippen molar-refractivity contribution in [2.45, 2.75) is 18.9 Å². The zero-order chi connectivity index (χ0) is 10.8. The Balaban J connectivity index is 2.03. The lowest BCUT2D eigenvalue weighted by atomic mass is 10.2. The van der Waals surface area contributed by atoms with E-state index >= 15 is 0 Å². The highest BCUT2D eigenvalue weighted by molar-refractivity contribution is 7.12. The van der Waals surface area contributed by atoms with Gasteiger partial charge in [0.15, 0.2) is 0 Å². The van der Waals surface area contributed by atoms with Crippen molar-refractivity contribution < 1.29 is 4.79 Å². The number of thiophene rings is 1. The SMILES string of the molecule is N#CC(NC(=O)c1sccc1Cl)C1CC1. The normalized spacial score (nSPS) is 16.8. The summed E-state index contributed by atoms with van der Waals surface area (Å²) < 4.78 is 0. The van der Waals surface area contributed by atoms with Gasteiger partial charge in [-0.1, -0.05) is 11.6 Å². The zero-order valence-corrected chi connectivity index (χ0v) is 9.44. The lowest BCUT2D eigenvalue weighted by Gasteiger charge is -2.09. The molecule has 1 atom stereocenters. The summed E-state index contributed by atoms with van der Waals surface area (Å²) in [4.78, 5) is 12.2. The summed E-state index contributed by atoms with van der Waals surface area (Å²) in [6.45, 7) is 0. The highest BCUT2D eigenvalue weighted by Gasteiger charge is 2.32. The maximum atomic E-state index is 11.7. The fourth-order valence-corrected chi connectivity index (χ4v) is 2.39. The van der Waals surface area contributed by atoms with Gasteiger partial charge >= 0.3 is 0 Å². The maximum Gasteiger partial charge on any atom is 0.263 e. The standard InChI is InChI=1S/C10H9ClN2OS/c11-7-3-4-15-9(7)10(14)13-8(5-12)6-1-2-6/h3-4,6,8H,1-2H2,(H,13,14). The van der Waals surface area contributed by atoms with Gasteiger partial charge in [-0.2, -0.15) is 5.26 Å². The molecule has 1 aliphatic carbocycles. The third kappa shape index (κ3) is 2.31. The van der Waals surface area contributed by atoms with Gasteiger partial charge in [0.1, 0.15) is 10.9 Å². The molecule has 1 aromatic rings. The minimum absolute atomic E-state index is 0.242. The second-order valence-corrected chi connectivity index (χ2v) is 4.84. The molecule has 0 aliphatic heterocycles. The molecule has 5 heteroatoms. The molecule has 1 saturated carbocycles. The second kappa shape index (κ2) is 4.21. The van der Waals surface area contributed by atoms with Crippen molar-refractivity contribution in [2.24, 2.45) is 5.92 Å². The molecule has 0 bridgehead atoms. The van der Waals surface area contributed by atoms with E-state index in [0.717, 1.165) is 12.8 Å². The van der Waals surface area contributed by atoms with Crippen LogP contribution in [0.4, 0.5) is 0 Å². The first-order chi connectivity index (χ1) is 7.22. The quantitative estimate of drug-likeness (QED) is 0.882. The second-order valence-electron chi connectivity index (χ2n) is 3.52. The highest BCUT2D eigenvalue weighted by Crippen LogP contribution is 2.32. The van der Waals surface area contributed by atoms with Crippen LogP contribution in [0.5, 0.6) is 0 Å². The Morgan fingerprint density at radius 2 is 2.47 bits per heavy atom. The van der Waals surface area contributed by atoms with Crippen LogP contribution in [0.25, 0.3) is 0 Å². The van der Waals surface area contributed by atoms with Gasteiger partial charge in [0.05, 0.1) is 11.1 Å². The van der Waals surface area contributed by atoms with Crippen molar-refractivity contribution in [3.05, 3.63) is 21.3 Å². The summed E-state index contributed by atoms with van der Waals surface area (Å²) >= 11 is 7.11. The highest BCUT2D eigenvalue weighted by atomic mass is 35.5. The van der Waals surface area contributed by atoms with E-state index in [1.807, 2.05) is 0 Å². The monoisotopic (exact) mass is 240 g/mol. The van der Waals surface area contributed by atoms with E-state index in [0.29, 0.717) is 15.8 Å². The molecule has 1 heterocycles. The minimum Gasteiger partial charge on any atom is -0.335 e. The molecule has 1 aliphatic rings. The average molecular weight is 241 g/mol.